The number of benzene rings is 3. The van der Waals surface area contributed by atoms with Gasteiger partial charge < -0.3 is 10.2 Å². The molecule has 3 aromatic rings. The van der Waals surface area contributed by atoms with Crippen LogP contribution in [0.25, 0.3) is 0 Å². The molecule has 0 aliphatic rings. The van der Waals surface area contributed by atoms with Crippen LogP contribution in [0.5, 0.6) is 0 Å². The first-order valence-corrected chi connectivity index (χ1v) is 14.5. The summed E-state index contributed by atoms with van der Waals surface area (Å²) in [5.74, 6) is -0.995. The van der Waals surface area contributed by atoms with E-state index in [-0.39, 0.29) is 33.1 Å². The number of nitrogens with one attached hydrogen (secondary N) is 1. The molecule has 0 saturated carbocycles. The van der Waals surface area contributed by atoms with Crippen LogP contribution in [0.4, 0.5) is 5.69 Å². The van der Waals surface area contributed by atoms with Gasteiger partial charge >= 0.3 is 0 Å². The fourth-order valence-corrected chi connectivity index (χ4v) is 5.80. The summed E-state index contributed by atoms with van der Waals surface area (Å²) in [4.78, 5) is 28.0. The van der Waals surface area contributed by atoms with Crippen molar-refractivity contribution < 1.29 is 18.0 Å². The van der Waals surface area contributed by atoms with Crippen LogP contribution in [0.3, 0.4) is 0 Å². The van der Waals surface area contributed by atoms with Crippen molar-refractivity contribution in [2.45, 2.75) is 37.8 Å². The molecule has 0 aromatic heterocycles. The number of amides is 2. The van der Waals surface area contributed by atoms with Gasteiger partial charge in [-0.3, -0.25) is 13.9 Å². The molecule has 202 valence electrons. The molecule has 0 bridgehead atoms. The molecule has 0 spiro atoms. The lowest BCUT2D eigenvalue weighted by Crippen LogP contribution is -2.51. The summed E-state index contributed by atoms with van der Waals surface area (Å²) in [5, 5.41) is 3.31. The zero-order chi connectivity index (χ0) is 27.9. The van der Waals surface area contributed by atoms with Crippen molar-refractivity contribution in [3.05, 3.63) is 93.4 Å². The Bertz CT molecular complexity index is 1390. The number of sulfonamides is 1. The molecule has 11 heteroatoms. The second-order valence-electron chi connectivity index (χ2n) is 8.48. The van der Waals surface area contributed by atoms with Gasteiger partial charge in [-0.2, -0.15) is 0 Å². The first-order valence-electron chi connectivity index (χ1n) is 11.9. The number of carbonyl (C=O) groups excluding carboxylic acids is 2. The minimum Gasteiger partial charge on any atom is -0.354 e. The van der Waals surface area contributed by atoms with Crippen LogP contribution in [-0.4, -0.2) is 44.3 Å². The van der Waals surface area contributed by atoms with E-state index in [9.17, 15) is 18.0 Å². The highest BCUT2D eigenvalue weighted by atomic mass is 35.5. The van der Waals surface area contributed by atoms with Crippen LogP contribution < -0.4 is 9.62 Å². The van der Waals surface area contributed by atoms with Gasteiger partial charge in [0.15, 0.2) is 0 Å². The largest absolute Gasteiger partial charge is 0.354 e. The molecular weight excluding hydrogens is 569 g/mol. The summed E-state index contributed by atoms with van der Waals surface area (Å²) in [6.07, 6.45) is 0.716. The molecule has 7 nitrogen and oxygen atoms in total. The van der Waals surface area contributed by atoms with Crippen molar-refractivity contribution in [3.8, 4) is 0 Å². The zero-order valence-corrected chi connectivity index (χ0v) is 24.0. The molecule has 0 aliphatic heterocycles. The summed E-state index contributed by atoms with van der Waals surface area (Å²) >= 11 is 19.0. The number of anilines is 1. The molecule has 0 radical (unpaired) electrons. The Hall–Kier alpha value is -2.78. The third-order valence-corrected chi connectivity index (χ3v) is 8.78. The average molecular weight is 597 g/mol. The number of hydrogen-bond acceptors (Lipinski definition) is 4. The van der Waals surface area contributed by atoms with E-state index in [1.54, 1.807) is 55.5 Å². The van der Waals surface area contributed by atoms with Crippen LogP contribution in [-0.2, 0) is 26.2 Å². The van der Waals surface area contributed by atoms with Crippen molar-refractivity contribution in [2.24, 2.45) is 0 Å². The van der Waals surface area contributed by atoms with Crippen LogP contribution >= 0.6 is 34.8 Å². The van der Waals surface area contributed by atoms with Gasteiger partial charge in [0.05, 0.1) is 20.6 Å². The third kappa shape index (κ3) is 6.99. The Balaban J connectivity index is 2.06. The van der Waals surface area contributed by atoms with Crippen molar-refractivity contribution in [3.63, 3.8) is 0 Å². The van der Waals surface area contributed by atoms with E-state index >= 15 is 0 Å². The number of halogens is 3. The quantitative estimate of drug-likeness (QED) is 0.304. The van der Waals surface area contributed by atoms with Crippen molar-refractivity contribution >= 4 is 62.3 Å². The van der Waals surface area contributed by atoms with Gasteiger partial charge in [0, 0.05) is 18.1 Å². The molecule has 0 fully saturated rings. The molecule has 38 heavy (non-hydrogen) atoms. The molecular formula is C27H28Cl3N3O4S. The van der Waals surface area contributed by atoms with E-state index in [0.29, 0.717) is 23.6 Å². The van der Waals surface area contributed by atoms with E-state index < -0.39 is 28.5 Å². The molecule has 0 aliphatic carbocycles. The second-order valence-corrected chi connectivity index (χ2v) is 11.5. The Labute approximate surface area is 238 Å². The van der Waals surface area contributed by atoms with Gasteiger partial charge in [0.2, 0.25) is 11.8 Å². The predicted octanol–water partition coefficient (Wildman–Crippen LogP) is 5.79. The third-order valence-electron chi connectivity index (χ3n) is 5.83. The molecule has 3 rings (SSSR count). The molecule has 0 heterocycles. The van der Waals surface area contributed by atoms with Gasteiger partial charge in [-0.1, -0.05) is 84.2 Å². The molecule has 0 saturated heterocycles. The van der Waals surface area contributed by atoms with Gasteiger partial charge in [0.1, 0.15) is 12.6 Å². The van der Waals surface area contributed by atoms with E-state index in [0.717, 1.165) is 4.31 Å². The maximum absolute atomic E-state index is 13.9. The van der Waals surface area contributed by atoms with E-state index in [2.05, 4.69) is 5.32 Å². The lowest BCUT2D eigenvalue weighted by atomic mass is 10.1. The number of rotatable bonds is 11. The Morgan fingerprint density at radius 2 is 1.53 bits per heavy atom. The molecule has 1 N–H and O–H groups in total. The van der Waals surface area contributed by atoms with Crippen LogP contribution in [0.15, 0.2) is 77.7 Å². The average Bonchev–Trinajstić information content (AvgIpc) is 2.91. The smallest absolute Gasteiger partial charge is 0.264 e. The lowest BCUT2D eigenvalue weighted by Gasteiger charge is -2.32. The van der Waals surface area contributed by atoms with Crippen LogP contribution in [0, 0.1) is 0 Å². The summed E-state index contributed by atoms with van der Waals surface area (Å²) in [6, 6.07) is 18.3. The van der Waals surface area contributed by atoms with E-state index in [4.69, 9.17) is 34.8 Å². The molecule has 3 aromatic carbocycles. The Morgan fingerprint density at radius 3 is 2.18 bits per heavy atom. The number of carbonyl (C=O) groups is 2. The lowest BCUT2D eigenvalue weighted by molar-refractivity contribution is -0.139. The van der Waals surface area contributed by atoms with Gasteiger partial charge in [-0.25, -0.2) is 8.42 Å². The van der Waals surface area contributed by atoms with Crippen molar-refractivity contribution in [2.75, 3.05) is 17.4 Å². The highest BCUT2D eigenvalue weighted by Crippen LogP contribution is 2.35. The Kier molecular flexibility index (Phi) is 10.4. The first-order chi connectivity index (χ1) is 18.1. The minimum atomic E-state index is -4.25. The fourth-order valence-electron chi connectivity index (χ4n) is 3.71. The summed E-state index contributed by atoms with van der Waals surface area (Å²) in [5.41, 5.74) is 0.646. The number of hydrogen-bond donors (Lipinski definition) is 1. The second kappa shape index (κ2) is 13.3. The SMILES string of the molecule is CCCNC(=O)C(C)N(Cc1ccccc1Cl)C(=O)CN(c1cccc(Cl)c1Cl)S(=O)(=O)c1ccccc1. The maximum atomic E-state index is 13.9. The van der Waals surface area contributed by atoms with Gasteiger partial charge in [-0.15, -0.1) is 0 Å². The van der Waals surface area contributed by atoms with Gasteiger partial charge in [-0.05, 0) is 49.2 Å². The monoisotopic (exact) mass is 595 g/mol. The van der Waals surface area contributed by atoms with E-state index in [1.165, 1.54) is 29.2 Å². The summed E-state index contributed by atoms with van der Waals surface area (Å²) in [7, 11) is -4.25. The van der Waals surface area contributed by atoms with Crippen molar-refractivity contribution in [1.82, 2.24) is 10.2 Å². The topological polar surface area (TPSA) is 86.8 Å². The van der Waals surface area contributed by atoms with Gasteiger partial charge in [0.25, 0.3) is 10.0 Å². The predicted molar refractivity (Wildman–Crippen MR) is 152 cm³/mol. The molecule has 1 atom stereocenters. The van der Waals surface area contributed by atoms with Crippen LogP contribution in [0.2, 0.25) is 15.1 Å². The molecule has 2 amide bonds. The molecule has 1 unspecified atom stereocenters. The Morgan fingerprint density at radius 1 is 0.895 bits per heavy atom. The zero-order valence-electron chi connectivity index (χ0n) is 20.9. The summed E-state index contributed by atoms with van der Waals surface area (Å²) in [6.45, 7) is 3.29. The highest BCUT2D eigenvalue weighted by Gasteiger charge is 2.33. The fraction of sp³-hybridized carbons (Fsp3) is 0.259. The van der Waals surface area contributed by atoms with Crippen molar-refractivity contribution in [1.29, 1.82) is 0 Å². The number of nitrogens with zero attached hydrogens (tertiary/aromatic N) is 2. The minimum absolute atomic E-state index is 0.0122. The van der Waals surface area contributed by atoms with E-state index in [1.807, 2.05) is 6.92 Å². The summed E-state index contributed by atoms with van der Waals surface area (Å²) < 4.78 is 28.4. The standard InChI is InChI=1S/C27H28Cl3N3O4S/c1-3-16-31-27(35)19(2)32(17-20-10-7-8-13-22(20)28)25(34)18-33(24-15-9-14-23(29)26(24)30)38(36,37)21-11-5-4-6-12-21/h4-15,19H,3,16-18H2,1-2H3,(H,31,35). The first kappa shape index (κ1) is 29.8. The normalized spacial score (nSPS) is 12.0. The van der Waals surface area contributed by atoms with Crippen LogP contribution in [0.1, 0.15) is 25.8 Å². The highest BCUT2D eigenvalue weighted by molar-refractivity contribution is 7.92. The maximum Gasteiger partial charge on any atom is 0.264 e.